The van der Waals surface area contributed by atoms with Crippen LogP contribution in [0.15, 0.2) is 24.4 Å². The maximum Gasteiger partial charge on any atom is 0.178 e. The third-order valence-corrected chi connectivity index (χ3v) is 2.46. The highest BCUT2D eigenvalue weighted by Gasteiger charge is 2.12. The van der Waals surface area contributed by atoms with E-state index in [0.717, 1.165) is 10.9 Å². The highest BCUT2D eigenvalue weighted by Crippen LogP contribution is 2.26. The molecule has 0 fully saturated rings. The highest BCUT2D eigenvalue weighted by molar-refractivity contribution is 6.36. The first-order valence-corrected chi connectivity index (χ1v) is 4.60. The van der Waals surface area contributed by atoms with Crippen molar-refractivity contribution in [1.82, 2.24) is 4.98 Å². The number of aromatic amines is 1. The molecule has 2 aromatic rings. The Bertz CT molecular complexity index is 490. The highest BCUT2D eigenvalue weighted by atomic mass is 35.5. The molecule has 1 aromatic heterocycles. The number of aromatic nitrogens is 1. The van der Waals surface area contributed by atoms with Crippen LogP contribution in [0.2, 0.25) is 5.02 Å². The average molecular weight is 209 g/mol. The second-order valence-electron chi connectivity index (χ2n) is 2.99. The topological polar surface area (TPSA) is 58.9 Å². The number of nitrogens with two attached hydrogens (primary N) is 1. The van der Waals surface area contributed by atoms with Crippen LogP contribution in [-0.4, -0.2) is 17.3 Å². The average Bonchev–Trinajstić information content (AvgIpc) is 2.62. The zero-order valence-electron chi connectivity index (χ0n) is 7.38. The molecule has 14 heavy (non-hydrogen) atoms. The molecule has 0 spiro atoms. The van der Waals surface area contributed by atoms with Gasteiger partial charge in [-0.2, -0.15) is 0 Å². The number of nitrogens with one attached hydrogen (secondary N) is 1. The lowest BCUT2D eigenvalue weighted by Gasteiger charge is -1.97. The van der Waals surface area contributed by atoms with Gasteiger partial charge in [-0.3, -0.25) is 4.79 Å². The standard InChI is InChI=1S/C10H9ClN2O/c11-7-2-1-3-8-10(7)6(5-13-8)9(14)4-12/h1-3,5,13H,4,12H2. The van der Waals surface area contributed by atoms with Gasteiger partial charge in [0.1, 0.15) is 0 Å². The number of carbonyl (C=O) groups excluding carboxylic acids is 1. The summed E-state index contributed by atoms with van der Waals surface area (Å²) in [4.78, 5) is 14.4. The van der Waals surface area contributed by atoms with Crippen molar-refractivity contribution in [2.45, 2.75) is 0 Å². The summed E-state index contributed by atoms with van der Waals surface area (Å²) < 4.78 is 0. The molecule has 0 radical (unpaired) electrons. The van der Waals surface area contributed by atoms with E-state index >= 15 is 0 Å². The number of carbonyl (C=O) groups is 1. The number of fused-ring (bicyclic) bond motifs is 1. The van der Waals surface area contributed by atoms with E-state index in [0.29, 0.717) is 10.6 Å². The van der Waals surface area contributed by atoms with Crippen LogP contribution < -0.4 is 5.73 Å². The van der Waals surface area contributed by atoms with Crippen LogP contribution in [-0.2, 0) is 0 Å². The van der Waals surface area contributed by atoms with E-state index in [9.17, 15) is 4.79 Å². The summed E-state index contributed by atoms with van der Waals surface area (Å²) in [5, 5.41) is 1.32. The minimum absolute atomic E-state index is 0.00181. The van der Waals surface area contributed by atoms with Crippen molar-refractivity contribution >= 4 is 28.3 Å². The van der Waals surface area contributed by atoms with Crippen molar-refractivity contribution in [3.63, 3.8) is 0 Å². The van der Waals surface area contributed by atoms with Gasteiger partial charge in [0.25, 0.3) is 0 Å². The fraction of sp³-hybridized carbons (Fsp3) is 0.100. The largest absolute Gasteiger partial charge is 0.360 e. The molecule has 0 atom stereocenters. The van der Waals surface area contributed by atoms with Gasteiger partial charge in [0.05, 0.1) is 11.6 Å². The number of rotatable bonds is 2. The Balaban J connectivity index is 2.73. The lowest BCUT2D eigenvalue weighted by atomic mass is 10.1. The molecule has 0 aliphatic carbocycles. The van der Waals surface area contributed by atoms with Crippen molar-refractivity contribution in [2.24, 2.45) is 5.73 Å². The summed E-state index contributed by atoms with van der Waals surface area (Å²) in [5.41, 5.74) is 6.72. The van der Waals surface area contributed by atoms with Gasteiger partial charge >= 0.3 is 0 Å². The molecule has 72 valence electrons. The van der Waals surface area contributed by atoms with Gasteiger partial charge in [-0.15, -0.1) is 0 Å². The molecule has 0 aliphatic rings. The van der Waals surface area contributed by atoms with Crippen LogP contribution >= 0.6 is 11.6 Å². The van der Waals surface area contributed by atoms with Crippen LogP contribution in [0.25, 0.3) is 10.9 Å². The molecule has 3 N–H and O–H groups in total. The van der Waals surface area contributed by atoms with Gasteiger partial charge in [0.2, 0.25) is 0 Å². The predicted octanol–water partition coefficient (Wildman–Crippen LogP) is 1.96. The second kappa shape index (κ2) is 3.44. The maximum atomic E-state index is 11.4. The molecule has 0 unspecified atom stereocenters. The van der Waals surface area contributed by atoms with Crippen molar-refractivity contribution in [3.05, 3.63) is 35.0 Å². The molecule has 0 saturated carbocycles. The number of benzene rings is 1. The van der Waals surface area contributed by atoms with Crippen molar-refractivity contribution in [2.75, 3.05) is 6.54 Å². The molecule has 1 heterocycles. The molecule has 4 heteroatoms. The molecule has 0 saturated heterocycles. The van der Waals surface area contributed by atoms with Crippen molar-refractivity contribution < 1.29 is 4.79 Å². The second-order valence-corrected chi connectivity index (χ2v) is 3.40. The Morgan fingerprint density at radius 1 is 1.50 bits per heavy atom. The number of Topliss-reactive ketones (excluding diaryl/α,β-unsaturated/α-hetero) is 1. The lowest BCUT2D eigenvalue weighted by Crippen LogP contribution is -2.12. The van der Waals surface area contributed by atoms with E-state index < -0.39 is 0 Å². The summed E-state index contributed by atoms with van der Waals surface area (Å²) >= 11 is 5.99. The third-order valence-electron chi connectivity index (χ3n) is 2.14. The summed E-state index contributed by atoms with van der Waals surface area (Å²) in [5.74, 6) is -0.107. The van der Waals surface area contributed by atoms with Gasteiger partial charge in [0.15, 0.2) is 5.78 Å². The van der Waals surface area contributed by atoms with Crippen LogP contribution in [0.5, 0.6) is 0 Å². The molecule has 0 aliphatic heterocycles. The SMILES string of the molecule is NCC(=O)c1c[nH]c2cccc(Cl)c12. The first kappa shape index (κ1) is 9.24. The summed E-state index contributed by atoms with van der Waals surface area (Å²) in [6.45, 7) is -0.00181. The molecular weight excluding hydrogens is 200 g/mol. The van der Waals surface area contributed by atoms with Crippen LogP contribution in [0.3, 0.4) is 0 Å². The smallest absolute Gasteiger partial charge is 0.178 e. The van der Waals surface area contributed by atoms with Gasteiger partial charge < -0.3 is 10.7 Å². The monoisotopic (exact) mass is 208 g/mol. The Hall–Kier alpha value is -1.32. The third kappa shape index (κ3) is 1.31. The van der Waals surface area contributed by atoms with E-state index in [1.807, 2.05) is 12.1 Å². The van der Waals surface area contributed by atoms with Gasteiger partial charge in [-0.1, -0.05) is 17.7 Å². The molecule has 1 aromatic carbocycles. The minimum atomic E-state index is -0.107. The van der Waals surface area contributed by atoms with Crippen molar-refractivity contribution in [1.29, 1.82) is 0 Å². The van der Waals surface area contributed by atoms with Crippen LogP contribution in [0.4, 0.5) is 0 Å². The molecule has 0 amide bonds. The van der Waals surface area contributed by atoms with Crippen LogP contribution in [0.1, 0.15) is 10.4 Å². The van der Waals surface area contributed by atoms with E-state index in [2.05, 4.69) is 4.98 Å². The van der Waals surface area contributed by atoms with E-state index in [1.54, 1.807) is 12.3 Å². The molecule has 0 bridgehead atoms. The maximum absolute atomic E-state index is 11.4. The molecule has 3 nitrogen and oxygen atoms in total. The summed E-state index contributed by atoms with van der Waals surface area (Å²) in [6, 6.07) is 5.46. The van der Waals surface area contributed by atoms with Gasteiger partial charge in [0, 0.05) is 22.7 Å². The normalized spacial score (nSPS) is 10.7. The number of hydrogen-bond donors (Lipinski definition) is 2. The minimum Gasteiger partial charge on any atom is -0.360 e. The quantitative estimate of drug-likeness (QED) is 0.742. The first-order chi connectivity index (χ1) is 6.74. The zero-order chi connectivity index (χ0) is 10.1. The summed E-state index contributed by atoms with van der Waals surface area (Å²) in [7, 11) is 0. The Morgan fingerprint density at radius 3 is 3.00 bits per heavy atom. The molecular formula is C10H9ClN2O. The summed E-state index contributed by atoms with van der Waals surface area (Å²) in [6.07, 6.45) is 1.64. The van der Waals surface area contributed by atoms with Crippen molar-refractivity contribution in [3.8, 4) is 0 Å². The van der Waals surface area contributed by atoms with E-state index in [4.69, 9.17) is 17.3 Å². The zero-order valence-corrected chi connectivity index (χ0v) is 8.14. The van der Waals surface area contributed by atoms with Gasteiger partial charge in [-0.25, -0.2) is 0 Å². The Labute approximate surface area is 85.9 Å². The fourth-order valence-electron chi connectivity index (χ4n) is 1.47. The Kier molecular flexibility index (Phi) is 2.27. The fourth-order valence-corrected chi connectivity index (χ4v) is 1.75. The number of ketones is 1. The Morgan fingerprint density at radius 2 is 2.29 bits per heavy atom. The number of H-pyrrole nitrogens is 1. The first-order valence-electron chi connectivity index (χ1n) is 4.23. The lowest BCUT2D eigenvalue weighted by molar-refractivity contribution is 0.100. The number of halogens is 1. The van der Waals surface area contributed by atoms with E-state index in [-0.39, 0.29) is 12.3 Å². The van der Waals surface area contributed by atoms with E-state index in [1.165, 1.54) is 0 Å². The predicted molar refractivity (Wildman–Crippen MR) is 56.7 cm³/mol. The van der Waals surface area contributed by atoms with Crippen LogP contribution in [0, 0.1) is 0 Å². The van der Waals surface area contributed by atoms with Gasteiger partial charge in [-0.05, 0) is 12.1 Å². The number of hydrogen-bond acceptors (Lipinski definition) is 2. The molecule has 2 rings (SSSR count).